The van der Waals surface area contributed by atoms with Gasteiger partial charge in [0.25, 0.3) is 0 Å². The molecule has 2 rings (SSSR count). The standard InChI is InChI=1S/C11H11NO5/c1-5(13)10-12-7-3-6(11(14)15)4-8(16-2)9(7)17-10/h3-5,13H,1-2H3,(H,14,15). The summed E-state index contributed by atoms with van der Waals surface area (Å²) in [6.45, 7) is 1.51. The fourth-order valence-electron chi connectivity index (χ4n) is 1.47. The molecule has 0 bridgehead atoms. The Labute approximate surface area is 96.5 Å². The fourth-order valence-corrected chi connectivity index (χ4v) is 1.47. The zero-order chi connectivity index (χ0) is 12.6. The monoisotopic (exact) mass is 237 g/mol. The Bertz CT molecular complexity index is 572. The first kappa shape index (κ1) is 11.4. The van der Waals surface area contributed by atoms with Crippen LogP contribution in [-0.2, 0) is 0 Å². The van der Waals surface area contributed by atoms with Crippen LogP contribution in [0.15, 0.2) is 16.5 Å². The number of methoxy groups -OCH3 is 1. The zero-order valence-electron chi connectivity index (χ0n) is 9.30. The Kier molecular flexibility index (Phi) is 2.72. The molecule has 90 valence electrons. The predicted molar refractivity (Wildman–Crippen MR) is 58.2 cm³/mol. The van der Waals surface area contributed by atoms with E-state index in [0.717, 1.165) is 0 Å². The van der Waals surface area contributed by atoms with Gasteiger partial charge in [0.05, 0.1) is 12.7 Å². The Hall–Kier alpha value is -2.08. The van der Waals surface area contributed by atoms with Crippen molar-refractivity contribution in [1.29, 1.82) is 0 Å². The van der Waals surface area contributed by atoms with Gasteiger partial charge in [-0.25, -0.2) is 9.78 Å². The van der Waals surface area contributed by atoms with Crippen LogP contribution in [0.4, 0.5) is 0 Å². The summed E-state index contributed by atoms with van der Waals surface area (Å²) in [6, 6.07) is 2.72. The normalized spacial score (nSPS) is 12.6. The van der Waals surface area contributed by atoms with Gasteiger partial charge in [0, 0.05) is 0 Å². The van der Waals surface area contributed by atoms with E-state index in [0.29, 0.717) is 11.1 Å². The van der Waals surface area contributed by atoms with Gasteiger partial charge < -0.3 is 19.4 Å². The molecule has 0 aliphatic carbocycles. The van der Waals surface area contributed by atoms with E-state index in [-0.39, 0.29) is 17.2 Å². The number of benzene rings is 1. The van der Waals surface area contributed by atoms with Crippen LogP contribution in [0, 0.1) is 0 Å². The van der Waals surface area contributed by atoms with Crippen LogP contribution < -0.4 is 4.74 Å². The number of aromatic nitrogens is 1. The van der Waals surface area contributed by atoms with Crippen LogP contribution in [0.3, 0.4) is 0 Å². The summed E-state index contributed by atoms with van der Waals surface area (Å²) in [5.74, 6) is -0.674. The first-order valence-electron chi connectivity index (χ1n) is 4.92. The molecule has 1 atom stereocenters. The second-order valence-electron chi connectivity index (χ2n) is 3.56. The van der Waals surface area contributed by atoms with Crippen LogP contribution in [0.1, 0.15) is 29.3 Å². The largest absolute Gasteiger partial charge is 0.493 e. The van der Waals surface area contributed by atoms with Crippen molar-refractivity contribution in [3.05, 3.63) is 23.6 Å². The number of oxazole rings is 1. The SMILES string of the molecule is COc1cc(C(=O)O)cc2nc(C(C)O)oc12. The molecule has 1 aromatic heterocycles. The lowest BCUT2D eigenvalue weighted by Crippen LogP contribution is -1.97. The van der Waals surface area contributed by atoms with Gasteiger partial charge in [-0.2, -0.15) is 0 Å². The number of aromatic carboxylic acids is 1. The van der Waals surface area contributed by atoms with Gasteiger partial charge in [0.2, 0.25) is 5.89 Å². The van der Waals surface area contributed by atoms with E-state index in [4.69, 9.17) is 14.3 Å². The molecule has 1 heterocycles. The van der Waals surface area contributed by atoms with E-state index in [2.05, 4.69) is 4.98 Å². The van der Waals surface area contributed by atoms with Crippen molar-refractivity contribution >= 4 is 17.1 Å². The number of carboxylic acids is 1. The zero-order valence-corrected chi connectivity index (χ0v) is 9.30. The molecular weight excluding hydrogens is 226 g/mol. The average molecular weight is 237 g/mol. The molecule has 1 aromatic carbocycles. The molecule has 6 nitrogen and oxygen atoms in total. The van der Waals surface area contributed by atoms with Crippen molar-refractivity contribution in [2.45, 2.75) is 13.0 Å². The predicted octanol–water partition coefficient (Wildman–Crippen LogP) is 1.59. The Morgan fingerprint density at radius 2 is 2.24 bits per heavy atom. The number of aliphatic hydroxyl groups excluding tert-OH is 1. The lowest BCUT2D eigenvalue weighted by Gasteiger charge is -2.01. The summed E-state index contributed by atoms with van der Waals surface area (Å²) in [5.41, 5.74) is 0.728. The molecule has 0 aliphatic rings. The van der Waals surface area contributed by atoms with Crippen molar-refractivity contribution in [1.82, 2.24) is 4.98 Å². The second-order valence-corrected chi connectivity index (χ2v) is 3.56. The minimum Gasteiger partial charge on any atom is -0.493 e. The average Bonchev–Trinajstić information content (AvgIpc) is 2.71. The molecule has 1 unspecified atom stereocenters. The Morgan fingerprint density at radius 3 is 2.76 bits per heavy atom. The van der Waals surface area contributed by atoms with Gasteiger partial charge in [0.15, 0.2) is 11.3 Å². The molecule has 6 heteroatoms. The number of nitrogens with zero attached hydrogens (tertiary/aromatic N) is 1. The van der Waals surface area contributed by atoms with Crippen molar-refractivity contribution < 1.29 is 24.2 Å². The number of carbonyl (C=O) groups is 1. The summed E-state index contributed by atoms with van der Waals surface area (Å²) >= 11 is 0. The highest BCUT2D eigenvalue weighted by Gasteiger charge is 2.17. The number of carboxylic acid groups (broad SMARTS) is 1. The van der Waals surface area contributed by atoms with E-state index in [1.165, 1.54) is 26.2 Å². The highest BCUT2D eigenvalue weighted by Crippen LogP contribution is 2.30. The van der Waals surface area contributed by atoms with Crippen LogP contribution >= 0.6 is 0 Å². The molecule has 0 aliphatic heterocycles. The number of aliphatic hydroxyl groups is 1. The minimum atomic E-state index is -1.08. The van der Waals surface area contributed by atoms with Gasteiger partial charge in [-0.3, -0.25) is 0 Å². The molecule has 0 spiro atoms. The maximum absolute atomic E-state index is 10.9. The highest BCUT2D eigenvalue weighted by molar-refractivity contribution is 5.94. The van der Waals surface area contributed by atoms with Crippen molar-refractivity contribution in [3.8, 4) is 5.75 Å². The third kappa shape index (κ3) is 1.94. The third-order valence-corrected chi connectivity index (χ3v) is 2.30. The van der Waals surface area contributed by atoms with Gasteiger partial charge in [-0.1, -0.05) is 0 Å². The minimum absolute atomic E-state index is 0.0554. The summed E-state index contributed by atoms with van der Waals surface area (Å²) in [4.78, 5) is 14.9. The maximum atomic E-state index is 10.9. The fraction of sp³-hybridized carbons (Fsp3) is 0.273. The Balaban J connectivity index is 2.69. The smallest absolute Gasteiger partial charge is 0.335 e. The first-order chi connectivity index (χ1) is 8.02. The van der Waals surface area contributed by atoms with Gasteiger partial charge in [-0.05, 0) is 19.1 Å². The highest BCUT2D eigenvalue weighted by atomic mass is 16.5. The van der Waals surface area contributed by atoms with Crippen LogP contribution in [0.5, 0.6) is 5.75 Å². The molecule has 17 heavy (non-hydrogen) atoms. The van der Waals surface area contributed by atoms with Crippen LogP contribution in [-0.4, -0.2) is 28.3 Å². The molecule has 2 aromatic rings. The van der Waals surface area contributed by atoms with E-state index in [9.17, 15) is 9.90 Å². The number of fused-ring (bicyclic) bond motifs is 1. The van der Waals surface area contributed by atoms with Gasteiger partial charge >= 0.3 is 5.97 Å². The van der Waals surface area contributed by atoms with Gasteiger partial charge in [-0.15, -0.1) is 0 Å². The quantitative estimate of drug-likeness (QED) is 0.841. The number of ether oxygens (including phenoxy) is 1. The Morgan fingerprint density at radius 1 is 1.53 bits per heavy atom. The molecule has 2 N–H and O–H groups in total. The second kappa shape index (κ2) is 4.06. The maximum Gasteiger partial charge on any atom is 0.335 e. The number of rotatable bonds is 3. The van der Waals surface area contributed by atoms with Crippen LogP contribution in [0.25, 0.3) is 11.1 Å². The first-order valence-corrected chi connectivity index (χ1v) is 4.92. The van der Waals surface area contributed by atoms with Crippen LogP contribution in [0.2, 0.25) is 0 Å². The van der Waals surface area contributed by atoms with E-state index in [1.54, 1.807) is 0 Å². The summed E-state index contributed by atoms with van der Waals surface area (Å²) in [5, 5.41) is 18.3. The summed E-state index contributed by atoms with van der Waals surface area (Å²) in [7, 11) is 1.41. The third-order valence-electron chi connectivity index (χ3n) is 2.30. The van der Waals surface area contributed by atoms with E-state index in [1.807, 2.05) is 0 Å². The lowest BCUT2D eigenvalue weighted by molar-refractivity contribution is 0.0696. The van der Waals surface area contributed by atoms with E-state index < -0.39 is 12.1 Å². The van der Waals surface area contributed by atoms with Crippen molar-refractivity contribution in [3.63, 3.8) is 0 Å². The molecule has 0 radical (unpaired) electrons. The number of hydrogen-bond acceptors (Lipinski definition) is 5. The molecule has 0 saturated heterocycles. The summed E-state index contributed by atoms with van der Waals surface area (Å²) < 4.78 is 10.3. The van der Waals surface area contributed by atoms with Crippen molar-refractivity contribution in [2.75, 3.05) is 7.11 Å². The lowest BCUT2D eigenvalue weighted by atomic mass is 10.2. The summed E-state index contributed by atoms with van der Waals surface area (Å²) in [6.07, 6.45) is -0.861. The van der Waals surface area contributed by atoms with E-state index >= 15 is 0 Å². The molecule has 0 amide bonds. The topological polar surface area (TPSA) is 92.8 Å². The molecule has 0 saturated carbocycles. The van der Waals surface area contributed by atoms with Gasteiger partial charge in [0.1, 0.15) is 11.6 Å². The van der Waals surface area contributed by atoms with Crippen molar-refractivity contribution in [2.24, 2.45) is 0 Å². The number of hydrogen-bond donors (Lipinski definition) is 2. The molecule has 0 fully saturated rings. The molecular formula is C11H11NO5.